The standard InChI is InChI=1S/C23H18BrN3O7/c24-17-7-3-5-15(11-17)13-33-20-10-2-1-9-19(20)23(30)34-14-21(28)25-26-22(29)16-6-4-8-18(12-16)27(31)32/h1-12H,13-14H2,(H,25,28)(H,26,29). The predicted octanol–water partition coefficient (Wildman–Crippen LogP) is 3.55. The molecule has 0 aromatic heterocycles. The summed E-state index contributed by atoms with van der Waals surface area (Å²) in [6, 6.07) is 18.9. The fourth-order valence-corrected chi connectivity index (χ4v) is 3.20. The summed E-state index contributed by atoms with van der Waals surface area (Å²) >= 11 is 3.38. The van der Waals surface area contributed by atoms with Gasteiger partial charge >= 0.3 is 5.97 Å². The second-order valence-corrected chi connectivity index (χ2v) is 7.72. The molecule has 3 aromatic rings. The number of non-ortho nitro benzene ring substituents is 1. The predicted molar refractivity (Wildman–Crippen MR) is 124 cm³/mol. The van der Waals surface area contributed by atoms with Crippen molar-refractivity contribution in [3.63, 3.8) is 0 Å². The summed E-state index contributed by atoms with van der Waals surface area (Å²) in [5.41, 5.74) is 4.90. The van der Waals surface area contributed by atoms with Crippen LogP contribution in [0.3, 0.4) is 0 Å². The van der Waals surface area contributed by atoms with Crippen molar-refractivity contribution < 1.29 is 28.8 Å². The number of halogens is 1. The third-order valence-corrected chi connectivity index (χ3v) is 4.85. The van der Waals surface area contributed by atoms with Gasteiger partial charge in [0.1, 0.15) is 17.9 Å². The number of carbonyl (C=O) groups is 3. The number of nitrogens with zero attached hydrogens (tertiary/aromatic N) is 1. The number of ether oxygens (including phenoxy) is 2. The van der Waals surface area contributed by atoms with E-state index < -0.39 is 29.3 Å². The van der Waals surface area contributed by atoms with Crippen molar-refractivity contribution in [2.45, 2.75) is 6.61 Å². The van der Waals surface area contributed by atoms with Gasteiger partial charge in [0.15, 0.2) is 6.61 Å². The molecule has 2 amide bonds. The van der Waals surface area contributed by atoms with E-state index in [0.29, 0.717) is 0 Å². The molecule has 0 heterocycles. The van der Waals surface area contributed by atoms with Crippen molar-refractivity contribution in [2.75, 3.05) is 6.61 Å². The van der Waals surface area contributed by atoms with Crippen LogP contribution in [-0.2, 0) is 16.1 Å². The molecule has 0 saturated heterocycles. The smallest absolute Gasteiger partial charge is 0.342 e. The van der Waals surface area contributed by atoms with Crippen LogP contribution in [-0.4, -0.2) is 29.3 Å². The van der Waals surface area contributed by atoms with Crippen LogP contribution < -0.4 is 15.6 Å². The molecule has 0 aliphatic rings. The topological polar surface area (TPSA) is 137 Å². The monoisotopic (exact) mass is 527 g/mol. The molecule has 2 N–H and O–H groups in total. The van der Waals surface area contributed by atoms with Gasteiger partial charge in [-0.25, -0.2) is 4.79 Å². The fourth-order valence-electron chi connectivity index (χ4n) is 2.75. The molecule has 0 radical (unpaired) electrons. The molecular formula is C23H18BrN3O7. The van der Waals surface area contributed by atoms with Crippen molar-refractivity contribution in [3.8, 4) is 5.75 Å². The Balaban J connectivity index is 1.51. The minimum Gasteiger partial charge on any atom is -0.488 e. The first-order valence-corrected chi connectivity index (χ1v) is 10.6. The third kappa shape index (κ3) is 6.87. The maximum atomic E-state index is 12.5. The first-order chi connectivity index (χ1) is 16.3. The van der Waals surface area contributed by atoms with Gasteiger partial charge in [-0.2, -0.15) is 0 Å². The van der Waals surface area contributed by atoms with Crippen LogP contribution in [0.25, 0.3) is 0 Å². The normalized spacial score (nSPS) is 10.1. The highest BCUT2D eigenvalue weighted by Crippen LogP contribution is 2.21. The first-order valence-electron chi connectivity index (χ1n) is 9.80. The van der Waals surface area contributed by atoms with E-state index in [-0.39, 0.29) is 29.2 Å². The highest BCUT2D eigenvalue weighted by Gasteiger charge is 2.17. The molecule has 0 aliphatic heterocycles. The fraction of sp³-hybridized carbons (Fsp3) is 0.0870. The van der Waals surface area contributed by atoms with E-state index >= 15 is 0 Å². The number of hydrogen-bond donors (Lipinski definition) is 2. The average molecular weight is 528 g/mol. The number of para-hydroxylation sites is 1. The van der Waals surface area contributed by atoms with E-state index in [1.165, 1.54) is 24.3 Å². The number of rotatable bonds is 8. The molecule has 0 fully saturated rings. The van der Waals surface area contributed by atoms with Crippen LogP contribution in [0.1, 0.15) is 26.3 Å². The lowest BCUT2D eigenvalue weighted by Crippen LogP contribution is -2.43. The summed E-state index contributed by atoms with van der Waals surface area (Å²) in [6.07, 6.45) is 0. The Labute approximate surface area is 202 Å². The maximum absolute atomic E-state index is 12.5. The third-order valence-electron chi connectivity index (χ3n) is 4.36. The Morgan fingerprint density at radius 3 is 2.47 bits per heavy atom. The molecular weight excluding hydrogens is 510 g/mol. The molecule has 0 bridgehead atoms. The van der Waals surface area contributed by atoms with Crippen molar-refractivity contribution in [2.24, 2.45) is 0 Å². The molecule has 0 atom stereocenters. The van der Waals surface area contributed by atoms with Crippen molar-refractivity contribution in [1.29, 1.82) is 0 Å². The highest BCUT2D eigenvalue weighted by atomic mass is 79.9. The summed E-state index contributed by atoms with van der Waals surface area (Å²) < 4.78 is 11.6. The van der Waals surface area contributed by atoms with Gasteiger partial charge in [0.05, 0.1) is 4.92 Å². The average Bonchev–Trinajstić information content (AvgIpc) is 2.84. The van der Waals surface area contributed by atoms with Gasteiger partial charge < -0.3 is 9.47 Å². The van der Waals surface area contributed by atoms with Gasteiger partial charge in [-0.1, -0.05) is 46.3 Å². The van der Waals surface area contributed by atoms with Crippen LogP contribution in [0.5, 0.6) is 5.75 Å². The summed E-state index contributed by atoms with van der Waals surface area (Å²) in [6.45, 7) is -0.456. The zero-order valence-electron chi connectivity index (χ0n) is 17.5. The molecule has 0 saturated carbocycles. The lowest BCUT2D eigenvalue weighted by Gasteiger charge is -2.12. The van der Waals surface area contributed by atoms with Crippen LogP contribution in [0.2, 0.25) is 0 Å². The molecule has 3 rings (SSSR count). The van der Waals surface area contributed by atoms with E-state index in [2.05, 4.69) is 26.8 Å². The van der Waals surface area contributed by atoms with E-state index in [0.717, 1.165) is 16.1 Å². The van der Waals surface area contributed by atoms with Gasteiger partial charge in [0, 0.05) is 22.2 Å². The Morgan fingerprint density at radius 1 is 0.941 bits per heavy atom. The summed E-state index contributed by atoms with van der Waals surface area (Å²) in [4.78, 5) is 46.6. The molecule has 0 spiro atoms. The second kappa shape index (κ2) is 11.6. The number of esters is 1. The number of carbonyl (C=O) groups excluding carboxylic acids is 3. The van der Waals surface area contributed by atoms with Crippen LogP contribution >= 0.6 is 15.9 Å². The maximum Gasteiger partial charge on any atom is 0.342 e. The summed E-state index contributed by atoms with van der Waals surface area (Å²) in [7, 11) is 0. The van der Waals surface area contributed by atoms with E-state index in [1.54, 1.807) is 18.2 Å². The second-order valence-electron chi connectivity index (χ2n) is 6.80. The number of hydrazine groups is 1. The summed E-state index contributed by atoms with van der Waals surface area (Å²) in [5.74, 6) is -2.08. The molecule has 0 unspecified atom stereocenters. The van der Waals surface area contributed by atoms with E-state index in [4.69, 9.17) is 9.47 Å². The Hall–Kier alpha value is -4.25. The Bertz CT molecular complexity index is 1230. The number of hydrogen-bond acceptors (Lipinski definition) is 7. The summed E-state index contributed by atoms with van der Waals surface area (Å²) in [5, 5.41) is 10.8. The number of nitro groups is 1. The number of amides is 2. The van der Waals surface area contributed by atoms with Gasteiger partial charge in [-0.15, -0.1) is 0 Å². The van der Waals surface area contributed by atoms with Gasteiger partial charge in [-0.3, -0.25) is 30.6 Å². The first kappa shape index (κ1) is 24.4. The molecule has 34 heavy (non-hydrogen) atoms. The molecule has 3 aromatic carbocycles. The number of nitro benzene ring substituents is 1. The number of benzene rings is 3. The van der Waals surface area contributed by atoms with Crippen LogP contribution in [0.15, 0.2) is 77.3 Å². The lowest BCUT2D eigenvalue weighted by atomic mass is 10.2. The molecule has 174 valence electrons. The van der Waals surface area contributed by atoms with Crippen molar-refractivity contribution in [1.82, 2.24) is 10.9 Å². The minimum absolute atomic E-state index is 0.0250. The van der Waals surface area contributed by atoms with Gasteiger partial charge in [0.25, 0.3) is 17.5 Å². The Morgan fingerprint density at radius 2 is 1.71 bits per heavy atom. The van der Waals surface area contributed by atoms with E-state index in [1.807, 2.05) is 24.3 Å². The number of nitrogens with one attached hydrogen (secondary N) is 2. The zero-order chi connectivity index (χ0) is 24.5. The quantitative estimate of drug-likeness (QED) is 0.259. The minimum atomic E-state index is -0.806. The van der Waals surface area contributed by atoms with Crippen LogP contribution in [0.4, 0.5) is 5.69 Å². The molecule has 0 aliphatic carbocycles. The van der Waals surface area contributed by atoms with Crippen molar-refractivity contribution in [3.05, 3.63) is 104 Å². The van der Waals surface area contributed by atoms with Gasteiger partial charge in [0.2, 0.25) is 0 Å². The van der Waals surface area contributed by atoms with E-state index in [9.17, 15) is 24.5 Å². The van der Waals surface area contributed by atoms with Gasteiger partial charge in [-0.05, 0) is 35.9 Å². The zero-order valence-corrected chi connectivity index (χ0v) is 19.1. The Kier molecular flexibility index (Phi) is 8.30. The largest absolute Gasteiger partial charge is 0.488 e. The molecule has 10 nitrogen and oxygen atoms in total. The highest BCUT2D eigenvalue weighted by molar-refractivity contribution is 9.10. The SMILES string of the molecule is O=C(COC(=O)c1ccccc1OCc1cccc(Br)c1)NNC(=O)c1cccc([N+](=O)[O-])c1. The molecule has 11 heteroatoms. The van der Waals surface area contributed by atoms with Crippen molar-refractivity contribution >= 4 is 39.4 Å². The lowest BCUT2D eigenvalue weighted by molar-refractivity contribution is -0.384. The van der Waals surface area contributed by atoms with Crippen LogP contribution in [0, 0.1) is 10.1 Å².